The van der Waals surface area contributed by atoms with Gasteiger partial charge >= 0.3 is 12.1 Å². The first kappa shape index (κ1) is 34.3. The van der Waals surface area contributed by atoms with Crippen LogP contribution in [-0.4, -0.2) is 48.4 Å². The molecule has 2 heterocycles. The summed E-state index contributed by atoms with van der Waals surface area (Å²) in [6, 6.07) is 5.98. The Bertz CT molecular complexity index is 1150. The summed E-state index contributed by atoms with van der Waals surface area (Å²) in [5, 5.41) is 1.12. The van der Waals surface area contributed by atoms with Crippen molar-refractivity contribution >= 4 is 23.0 Å². The van der Waals surface area contributed by atoms with Crippen molar-refractivity contribution in [1.82, 2.24) is 9.88 Å². The fourth-order valence-electron chi connectivity index (χ4n) is 5.62. The summed E-state index contributed by atoms with van der Waals surface area (Å²) < 4.78 is 16.6. The van der Waals surface area contributed by atoms with Crippen LogP contribution in [0.2, 0.25) is 0 Å². The molecule has 1 aromatic carbocycles. The lowest BCUT2D eigenvalue weighted by Gasteiger charge is -2.22. The third-order valence-corrected chi connectivity index (χ3v) is 8.16. The van der Waals surface area contributed by atoms with E-state index in [4.69, 9.17) is 14.2 Å². The lowest BCUT2D eigenvalue weighted by Crippen LogP contribution is -2.34. The Labute approximate surface area is 259 Å². The van der Waals surface area contributed by atoms with Crippen molar-refractivity contribution < 1.29 is 23.8 Å². The highest BCUT2D eigenvalue weighted by atomic mass is 16.7. The Kier molecular flexibility index (Phi) is 15.8. The smallest absolute Gasteiger partial charge is 0.412 e. The number of carbonyl (C=O) groups excluding carboxylic acids is 2. The van der Waals surface area contributed by atoms with E-state index in [1.807, 2.05) is 31.3 Å². The molecule has 1 saturated heterocycles. The van der Waals surface area contributed by atoms with E-state index >= 15 is 0 Å². The normalized spacial score (nSPS) is 16.0. The number of carbonyl (C=O) groups is 2. The zero-order valence-corrected chi connectivity index (χ0v) is 26.8. The highest BCUT2D eigenvalue weighted by Gasteiger charge is 2.31. The topological polar surface area (TPSA) is 80.9 Å². The maximum Gasteiger partial charge on any atom is 0.412 e. The number of allylic oxidation sites excluding steroid dienone is 4. The number of fused-ring (bicyclic) bond motifs is 1. The summed E-state index contributed by atoms with van der Waals surface area (Å²) >= 11 is 0. The van der Waals surface area contributed by atoms with Gasteiger partial charge in [-0.2, -0.15) is 0 Å². The first-order valence-electron chi connectivity index (χ1n) is 16.7. The van der Waals surface area contributed by atoms with Gasteiger partial charge in [0.2, 0.25) is 6.29 Å². The lowest BCUT2D eigenvalue weighted by molar-refractivity contribution is -0.170. The molecule has 1 aromatic heterocycles. The highest BCUT2D eigenvalue weighted by Crippen LogP contribution is 2.34. The number of likely N-dealkylation sites (tertiary alicyclic amines) is 1. The Hall–Kier alpha value is -3.22. The van der Waals surface area contributed by atoms with E-state index in [0.29, 0.717) is 25.9 Å². The minimum atomic E-state index is -0.834. The van der Waals surface area contributed by atoms with E-state index in [2.05, 4.69) is 36.2 Å². The number of rotatable bonds is 20. The third-order valence-electron chi connectivity index (χ3n) is 8.16. The van der Waals surface area contributed by atoms with Crippen LogP contribution in [0.1, 0.15) is 122 Å². The number of nitrogens with zero attached hydrogens (tertiary/aromatic N) is 1. The van der Waals surface area contributed by atoms with E-state index in [9.17, 15) is 9.59 Å². The summed E-state index contributed by atoms with van der Waals surface area (Å²) in [5.74, 6) is 0.731. The van der Waals surface area contributed by atoms with Crippen molar-refractivity contribution in [2.75, 3.05) is 20.2 Å². The lowest BCUT2D eigenvalue weighted by atomic mass is 9.98. The first-order valence-corrected chi connectivity index (χ1v) is 16.7. The average molecular weight is 595 g/mol. The largest absolute Gasteiger partial charge is 0.497 e. The number of nitrogens with one attached hydrogen (secondary N) is 1. The molecule has 7 heteroatoms. The Morgan fingerprint density at radius 1 is 0.953 bits per heavy atom. The van der Waals surface area contributed by atoms with Crippen LogP contribution in [0.4, 0.5) is 4.79 Å². The molecule has 2 aromatic rings. The molecule has 3 rings (SSSR count). The molecule has 0 radical (unpaired) electrons. The Morgan fingerprint density at radius 2 is 1.70 bits per heavy atom. The molecule has 43 heavy (non-hydrogen) atoms. The number of methoxy groups -OCH3 is 1. The van der Waals surface area contributed by atoms with Crippen molar-refractivity contribution in [2.45, 2.75) is 122 Å². The number of hydrogen-bond acceptors (Lipinski definition) is 5. The van der Waals surface area contributed by atoms with Gasteiger partial charge in [0.05, 0.1) is 7.11 Å². The minimum Gasteiger partial charge on any atom is -0.497 e. The fraction of sp³-hybridized carbons (Fsp3) is 0.611. The van der Waals surface area contributed by atoms with E-state index in [1.165, 1.54) is 44.1 Å². The molecule has 1 fully saturated rings. The molecule has 2 atom stereocenters. The van der Waals surface area contributed by atoms with Crippen molar-refractivity contribution in [3.8, 4) is 5.75 Å². The van der Waals surface area contributed by atoms with Crippen molar-refractivity contribution in [2.24, 2.45) is 0 Å². The first-order chi connectivity index (χ1) is 21.0. The van der Waals surface area contributed by atoms with Gasteiger partial charge < -0.3 is 24.1 Å². The molecule has 7 nitrogen and oxygen atoms in total. The molecule has 1 amide bonds. The SMILES string of the molecule is CCCCC/C=C\C/C=C\CCCCCCCC(=O)OC(CCC)OC(=O)N1CC[C@@H](c2c[nH]c3ccc(OC)cc23)C1. The molecule has 238 valence electrons. The van der Waals surface area contributed by atoms with Crippen LogP contribution in [-0.2, 0) is 14.3 Å². The van der Waals surface area contributed by atoms with Crippen LogP contribution in [0.25, 0.3) is 10.9 Å². The second-order valence-corrected chi connectivity index (χ2v) is 11.7. The monoisotopic (exact) mass is 594 g/mol. The summed E-state index contributed by atoms with van der Waals surface area (Å²) in [7, 11) is 1.66. The van der Waals surface area contributed by atoms with Crippen LogP contribution in [0.3, 0.4) is 0 Å². The standard InChI is InChI=1S/C36H54N2O5/c1-4-6-7-8-9-10-11-12-13-14-15-16-17-18-19-21-34(39)42-35(20-5-2)43-36(40)38-25-24-29(28-38)32-27-37-33-23-22-30(41-3)26-31(32)33/h9-10,12-13,22-23,26-27,29,35,37H,4-8,11,14-21,24-25,28H2,1-3H3/b10-9-,13-12-/t29-,35?/m1/s1. The molecule has 1 N–H and O–H groups in total. The molecular formula is C36H54N2O5. The van der Waals surface area contributed by atoms with E-state index < -0.39 is 12.4 Å². The maximum absolute atomic E-state index is 13.0. The maximum atomic E-state index is 13.0. The highest BCUT2D eigenvalue weighted by molar-refractivity contribution is 5.85. The van der Waals surface area contributed by atoms with Gasteiger partial charge in [0.25, 0.3) is 0 Å². The molecular weight excluding hydrogens is 540 g/mol. The molecule has 0 aliphatic carbocycles. The number of unbranched alkanes of at least 4 members (excludes halogenated alkanes) is 8. The zero-order chi connectivity index (χ0) is 30.7. The van der Waals surface area contributed by atoms with Crippen molar-refractivity contribution in [3.05, 3.63) is 54.3 Å². The van der Waals surface area contributed by atoms with Gasteiger partial charge in [0.15, 0.2) is 0 Å². The molecule has 0 saturated carbocycles. The number of hydrogen-bond donors (Lipinski definition) is 1. The summed E-state index contributed by atoms with van der Waals surface area (Å²) in [6.45, 7) is 5.41. The van der Waals surface area contributed by atoms with Gasteiger partial charge in [-0.15, -0.1) is 0 Å². The van der Waals surface area contributed by atoms with Crippen LogP contribution in [0.5, 0.6) is 5.75 Å². The second kappa shape index (κ2) is 19.9. The predicted octanol–water partition coefficient (Wildman–Crippen LogP) is 9.59. The second-order valence-electron chi connectivity index (χ2n) is 11.7. The van der Waals surface area contributed by atoms with Crippen LogP contribution < -0.4 is 4.74 Å². The van der Waals surface area contributed by atoms with Gasteiger partial charge in [-0.05, 0) is 75.1 Å². The molecule has 0 bridgehead atoms. The third kappa shape index (κ3) is 12.1. The Balaban J connectivity index is 1.29. The Morgan fingerprint density at radius 3 is 2.44 bits per heavy atom. The quantitative estimate of drug-likeness (QED) is 0.0714. The number of benzene rings is 1. The molecule has 0 spiro atoms. The van der Waals surface area contributed by atoms with Gasteiger partial charge in [0.1, 0.15) is 5.75 Å². The van der Waals surface area contributed by atoms with Crippen LogP contribution >= 0.6 is 0 Å². The van der Waals surface area contributed by atoms with Gasteiger partial charge in [-0.1, -0.05) is 70.3 Å². The molecule has 1 aliphatic heterocycles. The number of esters is 1. The van der Waals surface area contributed by atoms with Crippen molar-refractivity contribution in [3.63, 3.8) is 0 Å². The van der Waals surface area contributed by atoms with Crippen LogP contribution in [0.15, 0.2) is 48.7 Å². The predicted molar refractivity (Wildman–Crippen MR) is 174 cm³/mol. The number of ether oxygens (including phenoxy) is 3. The summed E-state index contributed by atoms with van der Waals surface area (Å²) in [4.78, 5) is 30.5. The van der Waals surface area contributed by atoms with E-state index in [0.717, 1.165) is 61.6 Å². The van der Waals surface area contributed by atoms with Gasteiger partial charge in [-0.3, -0.25) is 4.79 Å². The van der Waals surface area contributed by atoms with E-state index in [1.54, 1.807) is 12.0 Å². The number of aromatic nitrogens is 1. The molecule has 1 unspecified atom stereocenters. The number of amides is 1. The summed E-state index contributed by atoms with van der Waals surface area (Å²) in [6.07, 6.45) is 24.9. The summed E-state index contributed by atoms with van der Waals surface area (Å²) in [5.41, 5.74) is 2.23. The van der Waals surface area contributed by atoms with Gasteiger partial charge in [0, 0.05) is 48.9 Å². The van der Waals surface area contributed by atoms with Crippen LogP contribution in [0, 0.1) is 0 Å². The minimum absolute atomic E-state index is 0.207. The molecule has 1 aliphatic rings. The zero-order valence-electron chi connectivity index (χ0n) is 26.8. The number of aromatic amines is 1. The fourth-order valence-corrected chi connectivity index (χ4v) is 5.62. The average Bonchev–Trinajstić information content (AvgIpc) is 3.66. The van der Waals surface area contributed by atoms with E-state index in [-0.39, 0.29) is 11.9 Å². The number of H-pyrrole nitrogens is 1. The van der Waals surface area contributed by atoms with Crippen molar-refractivity contribution in [1.29, 1.82) is 0 Å². The van der Waals surface area contributed by atoms with Gasteiger partial charge in [-0.25, -0.2) is 4.79 Å².